The minimum Gasteiger partial charge on any atom is -0.454 e. The molecule has 0 spiro atoms. The second-order valence-corrected chi connectivity index (χ2v) is 8.89. The van der Waals surface area contributed by atoms with Gasteiger partial charge in [0.15, 0.2) is 5.76 Å². The standard InChI is InChI=1S/C23H21F2N3O2S/c24-23(25)6-8-28(14-23)7-1-2-15-3-4-20-17(10-15)18(27-29)11-21(30-20)19-12-22-16(13-26-19)5-9-31-22/h3-5,9-13,29H,1-2,6-8,14H2/b27-18+. The van der Waals surface area contributed by atoms with Crippen molar-refractivity contribution in [3.8, 4) is 11.5 Å². The van der Waals surface area contributed by atoms with Gasteiger partial charge in [-0.25, -0.2) is 8.78 Å². The molecule has 0 atom stereocenters. The molecule has 1 N–H and O–H groups in total. The smallest absolute Gasteiger partial charge is 0.261 e. The zero-order chi connectivity index (χ0) is 21.4. The quantitative estimate of drug-likeness (QED) is 0.338. The van der Waals surface area contributed by atoms with Crippen LogP contribution in [0.3, 0.4) is 0 Å². The SMILES string of the molecule is O/N=c1\cc(-c2cc3sccc3cn2)oc2ccc(CCCN3CCC(F)(F)C3)cc12. The fraction of sp³-hybridized carbons (Fsp3) is 0.304. The summed E-state index contributed by atoms with van der Waals surface area (Å²) in [5, 5.41) is 17.2. The summed E-state index contributed by atoms with van der Waals surface area (Å²) in [7, 11) is 0. The van der Waals surface area contributed by atoms with Gasteiger partial charge in [-0.1, -0.05) is 11.2 Å². The van der Waals surface area contributed by atoms with Crippen molar-refractivity contribution in [2.24, 2.45) is 5.16 Å². The van der Waals surface area contributed by atoms with Crippen molar-refractivity contribution in [2.75, 3.05) is 19.6 Å². The van der Waals surface area contributed by atoms with E-state index in [1.165, 1.54) is 0 Å². The van der Waals surface area contributed by atoms with Crippen LogP contribution in [0.1, 0.15) is 18.4 Å². The summed E-state index contributed by atoms with van der Waals surface area (Å²) in [6.07, 6.45) is 3.28. The Labute approximate surface area is 181 Å². The Morgan fingerprint density at radius 1 is 1.23 bits per heavy atom. The number of pyridine rings is 1. The molecular formula is C23H21F2N3O2S. The lowest BCUT2D eigenvalue weighted by Crippen LogP contribution is -2.26. The van der Waals surface area contributed by atoms with Gasteiger partial charge in [0.05, 0.1) is 6.54 Å². The third-order valence-corrected chi connectivity index (χ3v) is 6.57. The summed E-state index contributed by atoms with van der Waals surface area (Å²) in [5.74, 6) is -2.03. The zero-order valence-corrected chi connectivity index (χ0v) is 17.5. The van der Waals surface area contributed by atoms with Gasteiger partial charge in [0.1, 0.15) is 16.6 Å². The molecule has 5 rings (SSSR count). The van der Waals surface area contributed by atoms with Crippen molar-refractivity contribution < 1.29 is 18.4 Å². The number of alkyl halides is 2. The van der Waals surface area contributed by atoms with Gasteiger partial charge in [-0.15, -0.1) is 11.3 Å². The summed E-state index contributed by atoms with van der Waals surface area (Å²) in [6, 6.07) is 11.4. The average molecular weight is 442 g/mol. The number of fused-ring (bicyclic) bond motifs is 2. The van der Waals surface area contributed by atoms with Crippen molar-refractivity contribution in [3.63, 3.8) is 0 Å². The number of aryl methyl sites for hydroxylation is 1. The van der Waals surface area contributed by atoms with Crippen LogP contribution in [0, 0.1) is 0 Å². The Balaban J connectivity index is 1.38. The first-order chi connectivity index (χ1) is 15.0. The minimum absolute atomic E-state index is 0.0531. The van der Waals surface area contributed by atoms with Crippen LogP contribution in [0.2, 0.25) is 0 Å². The topological polar surface area (TPSA) is 61.9 Å². The maximum atomic E-state index is 13.3. The minimum atomic E-state index is -2.55. The van der Waals surface area contributed by atoms with Crippen LogP contribution in [0.25, 0.3) is 32.5 Å². The van der Waals surface area contributed by atoms with Gasteiger partial charge in [-0.3, -0.25) is 9.88 Å². The van der Waals surface area contributed by atoms with Gasteiger partial charge in [0, 0.05) is 40.7 Å². The number of nitrogens with zero attached hydrogens (tertiary/aromatic N) is 3. The number of rotatable bonds is 5. The highest BCUT2D eigenvalue weighted by Crippen LogP contribution is 2.28. The van der Waals surface area contributed by atoms with E-state index >= 15 is 0 Å². The number of likely N-dealkylation sites (tertiary alicyclic amines) is 1. The highest BCUT2D eigenvalue weighted by atomic mass is 32.1. The summed E-state index contributed by atoms with van der Waals surface area (Å²) in [6.45, 7) is 0.946. The van der Waals surface area contributed by atoms with E-state index in [2.05, 4.69) is 10.1 Å². The monoisotopic (exact) mass is 441 g/mol. The molecule has 4 aromatic rings. The van der Waals surface area contributed by atoms with E-state index in [0.717, 1.165) is 28.5 Å². The lowest BCUT2D eigenvalue weighted by atomic mass is 10.1. The zero-order valence-electron chi connectivity index (χ0n) is 16.7. The number of aromatic nitrogens is 1. The largest absolute Gasteiger partial charge is 0.454 e. The van der Waals surface area contributed by atoms with E-state index in [1.54, 1.807) is 23.6 Å². The lowest BCUT2D eigenvalue weighted by molar-refractivity contribution is 0.0122. The third kappa shape index (κ3) is 4.18. The first-order valence-corrected chi connectivity index (χ1v) is 11.1. The molecule has 0 amide bonds. The molecule has 1 aliphatic heterocycles. The van der Waals surface area contributed by atoms with Crippen LogP contribution in [0.4, 0.5) is 8.78 Å². The molecule has 1 saturated heterocycles. The number of thiophene rings is 1. The van der Waals surface area contributed by atoms with Crippen LogP contribution in [-0.4, -0.2) is 40.6 Å². The Bertz CT molecular complexity index is 1320. The molecule has 0 bridgehead atoms. The first-order valence-electron chi connectivity index (χ1n) is 10.2. The summed E-state index contributed by atoms with van der Waals surface area (Å²) < 4.78 is 33.8. The second-order valence-electron chi connectivity index (χ2n) is 7.94. The number of halogens is 2. The highest BCUT2D eigenvalue weighted by molar-refractivity contribution is 7.17. The molecule has 0 saturated carbocycles. The van der Waals surface area contributed by atoms with E-state index in [0.29, 0.717) is 40.9 Å². The van der Waals surface area contributed by atoms with Crippen LogP contribution in [-0.2, 0) is 6.42 Å². The molecular weight excluding hydrogens is 420 g/mol. The van der Waals surface area contributed by atoms with Gasteiger partial charge in [-0.2, -0.15) is 0 Å². The van der Waals surface area contributed by atoms with E-state index in [-0.39, 0.29) is 13.0 Å². The van der Waals surface area contributed by atoms with Gasteiger partial charge >= 0.3 is 0 Å². The van der Waals surface area contributed by atoms with Crippen molar-refractivity contribution in [1.29, 1.82) is 0 Å². The normalized spacial score (nSPS) is 17.2. The van der Waals surface area contributed by atoms with E-state index < -0.39 is 5.92 Å². The fourth-order valence-electron chi connectivity index (χ4n) is 4.08. The Hall–Kier alpha value is -2.84. The van der Waals surface area contributed by atoms with E-state index in [4.69, 9.17) is 4.42 Å². The van der Waals surface area contributed by atoms with Gasteiger partial charge in [0.25, 0.3) is 5.92 Å². The van der Waals surface area contributed by atoms with E-state index in [1.807, 2.05) is 40.6 Å². The van der Waals surface area contributed by atoms with Gasteiger partial charge < -0.3 is 9.62 Å². The summed E-state index contributed by atoms with van der Waals surface area (Å²) in [4.78, 5) is 6.28. The van der Waals surface area contributed by atoms with Crippen LogP contribution >= 0.6 is 11.3 Å². The molecule has 0 aliphatic carbocycles. The van der Waals surface area contributed by atoms with Crippen LogP contribution in [0.5, 0.6) is 0 Å². The molecule has 1 aromatic carbocycles. The number of hydrogen-bond acceptors (Lipinski definition) is 6. The van der Waals surface area contributed by atoms with Crippen molar-refractivity contribution >= 4 is 32.4 Å². The molecule has 0 unspecified atom stereocenters. The molecule has 1 fully saturated rings. The predicted molar refractivity (Wildman–Crippen MR) is 117 cm³/mol. The third-order valence-electron chi connectivity index (χ3n) is 5.69. The summed E-state index contributed by atoms with van der Waals surface area (Å²) >= 11 is 1.63. The Kier molecular flexibility index (Phi) is 5.19. The van der Waals surface area contributed by atoms with Crippen LogP contribution in [0.15, 0.2) is 57.5 Å². The van der Waals surface area contributed by atoms with E-state index in [9.17, 15) is 14.0 Å². The lowest BCUT2D eigenvalue weighted by Gasteiger charge is -2.15. The summed E-state index contributed by atoms with van der Waals surface area (Å²) in [5.41, 5.74) is 2.32. The molecule has 0 radical (unpaired) electrons. The van der Waals surface area contributed by atoms with Crippen molar-refractivity contribution in [1.82, 2.24) is 9.88 Å². The molecule has 160 valence electrons. The van der Waals surface area contributed by atoms with Gasteiger partial charge in [0.2, 0.25) is 0 Å². The molecule has 4 heterocycles. The van der Waals surface area contributed by atoms with Crippen molar-refractivity contribution in [2.45, 2.75) is 25.2 Å². The molecule has 3 aromatic heterocycles. The number of benzene rings is 1. The predicted octanol–water partition coefficient (Wildman–Crippen LogP) is 5.27. The molecule has 1 aliphatic rings. The maximum absolute atomic E-state index is 13.3. The average Bonchev–Trinajstić information content (AvgIpc) is 3.38. The fourth-order valence-corrected chi connectivity index (χ4v) is 4.87. The maximum Gasteiger partial charge on any atom is 0.261 e. The first kappa shape index (κ1) is 20.1. The molecule has 8 heteroatoms. The number of hydrogen-bond donors (Lipinski definition) is 1. The Morgan fingerprint density at radius 2 is 2.13 bits per heavy atom. The van der Waals surface area contributed by atoms with Gasteiger partial charge in [-0.05, 0) is 54.6 Å². The molecule has 5 nitrogen and oxygen atoms in total. The Morgan fingerprint density at radius 3 is 2.94 bits per heavy atom. The van der Waals surface area contributed by atoms with Crippen molar-refractivity contribution in [3.05, 3.63) is 58.9 Å². The molecule has 31 heavy (non-hydrogen) atoms. The highest BCUT2D eigenvalue weighted by Gasteiger charge is 2.37. The second kappa shape index (κ2) is 8.01. The van der Waals surface area contributed by atoms with Crippen LogP contribution < -0.4 is 5.36 Å².